The van der Waals surface area contributed by atoms with Crippen LogP contribution in [0.15, 0.2) is 243 Å². The van der Waals surface area contributed by atoms with Crippen molar-refractivity contribution >= 4 is 0 Å². The Morgan fingerprint density at radius 3 is 1.30 bits per heavy atom. The third kappa shape index (κ3) is 17.9. The monoisotopic (exact) mass is 1050 g/mol. The van der Waals surface area contributed by atoms with Gasteiger partial charge in [0.05, 0.1) is 0 Å². The first-order valence-electron chi connectivity index (χ1n) is 29.3. The van der Waals surface area contributed by atoms with Gasteiger partial charge in [0.25, 0.3) is 0 Å². The Kier molecular flexibility index (Phi) is 26.0. The molecule has 0 aliphatic rings. The summed E-state index contributed by atoms with van der Waals surface area (Å²) in [6.45, 7) is 25.5. The van der Waals surface area contributed by atoms with E-state index in [1.165, 1.54) is 111 Å². The topological polar surface area (TPSA) is 0 Å². The van der Waals surface area contributed by atoms with Crippen LogP contribution in [0.1, 0.15) is 152 Å². The molecule has 10 aromatic carbocycles. The Hall–Kier alpha value is -7.80. The Labute approximate surface area is 485 Å². The molecule has 0 amide bonds. The molecule has 0 aromatic heterocycles. The van der Waals surface area contributed by atoms with E-state index in [1.807, 2.05) is 27.7 Å². The summed E-state index contributed by atoms with van der Waals surface area (Å²) in [4.78, 5) is 0. The quantitative estimate of drug-likeness (QED) is 0.102. The Balaban J connectivity index is 0.000000244. The van der Waals surface area contributed by atoms with E-state index in [2.05, 4.69) is 298 Å². The highest BCUT2D eigenvalue weighted by Crippen LogP contribution is 2.39. The average molecular weight is 1050 g/mol. The maximum Gasteiger partial charge on any atom is 0.00928 e. The van der Waals surface area contributed by atoms with Gasteiger partial charge in [-0.05, 0) is 163 Å². The van der Waals surface area contributed by atoms with Crippen molar-refractivity contribution in [1.82, 2.24) is 0 Å². The van der Waals surface area contributed by atoms with Crippen molar-refractivity contribution in [3.05, 3.63) is 321 Å². The predicted octanol–water partition coefficient (Wildman–Crippen LogP) is 23.1. The van der Waals surface area contributed by atoms with E-state index in [0.29, 0.717) is 11.8 Å². The molecule has 0 nitrogen and oxygen atoms in total. The normalized spacial score (nSPS) is 11.1. The second kappa shape index (κ2) is 32.9. The van der Waals surface area contributed by atoms with Crippen molar-refractivity contribution in [2.75, 3.05) is 0 Å². The third-order valence-electron chi connectivity index (χ3n) is 14.9. The van der Waals surface area contributed by atoms with E-state index in [-0.39, 0.29) is 7.43 Å². The summed E-state index contributed by atoms with van der Waals surface area (Å²) < 4.78 is 0. The highest BCUT2D eigenvalue weighted by molar-refractivity contribution is 5.74. The molecule has 2 atom stereocenters. The van der Waals surface area contributed by atoms with Gasteiger partial charge in [-0.1, -0.05) is 314 Å². The molecule has 2 unspecified atom stereocenters. The van der Waals surface area contributed by atoms with Crippen molar-refractivity contribution in [2.45, 2.75) is 134 Å². The van der Waals surface area contributed by atoms with E-state index in [1.54, 1.807) is 0 Å². The molecule has 80 heavy (non-hydrogen) atoms. The highest BCUT2D eigenvalue weighted by Gasteiger charge is 2.19. The molecule has 0 radical (unpaired) electrons. The molecular formula is C80H92. The van der Waals surface area contributed by atoms with E-state index in [4.69, 9.17) is 0 Å². The molecule has 0 aliphatic carbocycles. The molecule has 10 rings (SSSR count). The molecule has 0 heterocycles. The van der Waals surface area contributed by atoms with Crippen LogP contribution in [0.3, 0.4) is 0 Å². The molecule has 0 bridgehead atoms. The van der Waals surface area contributed by atoms with E-state index in [9.17, 15) is 0 Å². The van der Waals surface area contributed by atoms with Crippen LogP contribution in [0.2, 0.25) is 0 Å². The lowest BCUT2D eigenvalue weighted by atomic mass is 9.82. The summed E-state index contributed by atoms with van der Waals surface area (Å²) in [5, 5.41) is 0. The van der Waals surface area contributed by atoms with Crippen LogP contribution in [-0.2, 0) is 19.3 Å². The van der Waals surface area contributed by atoms with E-state index in [0.717, 1.165) is 32.1 Å². The summed E-state index contributed by atoms with van der Waals surface area (Å²) in [6.07, 6.45) is 5.22. The minimum Gasteiger partial charge on any atom is -0.0776 e. The molecule has 0 saturated carbocycles. The zero-order chi connectivity index (χ0) is 56.5. The molecular weight excluding hydrogens is 961 g/mol. The SMILES string of the molecule is C.CC.CC.CCC(c1ccc(C)cc1)c1ccc(C)c(-c2ccccc2CCc2ccccc2)c1.CCC(c1ccccc1)c1ccc(Cc2ccc(-c3ccc(C)cc3)cc2)cc1-c1ccccc1C.Cc1ccc(C)cc1. The van der Waals surface area contributed by atoms with Gasteiger partial charge in [-0.3, -0.25) is 0 Å². The standard InChI is InChI=1S/C36H34.C31H32.C8H10.2C2H6.CH4/c1-4-33(32-11-6-5-7-12-32)35-23-18-29(25-36(35)34-13-9-8-10-27(34)3)24-28-16-21-31(22-17-28)30-19-14-26(2)15-20-30;1-4-29(27-18-14-23(2)15-19-27)28-20-16-24(3)31(22-28)30-13-9-8-12-26(30)21-17-25-10-6-5-7-11-25;1-7-3-5-8(2)6-4-7;2*1-2;/h5-23,25,33H,4,24H2,1-3H3;5-16,18-20,22,29H,4,17,21H2,1-3H3;3-6H,1-2H3;2*1-2H3;1H4. The number of rotatable bonds is 14. The van der Waals surface area contributed by atoms with Crippen molar-refractivity contribution in [3.8, 4) is 33.4 Å². The average Bonchev–Trinajstić information content (AvgIpc) is 3.49. The van der Waals surface area contributed by atoms with Crippen molar-refractivity contribution < 1.29 is 0 Å². The van der Waals surface area contributed by atoms with Gasteiger partial charge in [-0.15, -0.1) is 0 Å². The van der Waals surface area contributed by atoms with Crippen LogP contribution in [0.25, 0.3) is 33.4 Å². The van der Waals surface area contributed by atoms with Gasteiger partial charge >= 0.3 is 0 Å². The van der Waals surface area contributed by atoms with Gasteiger partial charge in [0.1, 0.15) is 0 Å². The maximum atomic E-state index is 2.44. The molecule has 0 heteroatoms. The maximum absolute atomic E-state index is 2.44. The third-order valence-corrected chi connectivity index (χ3v) is 14.9. The van der Waals surface area contributed by atoms with Crippen LogP contribution in [0.4, 0.5) is 0 Å². The zero-order valence-electron chi connectivity index (χ0n) is 49.8. The summed E-state index contributed by atoms with van der Waals surface area (Å²) in [5.41, 5.74) is 27.0. The van der Waals surface area contributed by atoms with E-state index < -0.39 is 0 Å². The Bertz CT molecular complexity index is 3300. The van der Waals surface area contributed by atoms with Crippen molar-refractivity contribution in [2.24, 2.45) is 0 Å². The lowest BCUT2D eigenvalue weighted by Crippen LogP contribution is -2.04. The minimum atomic E-state index is 0. The summed E-state index contributed by atoms with van der Waals surface area (Å²) in [5.74, 6) is 0.806. The van der Waals surface area contributed by atoms with Crippen molar-refractivity contribution in [3.63, 3.8) is 0 Å². The number of hydrogen-bond acceptors (Lipinski definition) is 0. The largest absolute Gasteiger partial charge is 0.0776 e. The first-order chi connectivity index (χ1) is 38.6. The predicted molar refractivity (Wildman–Crippen MR) is 354 cm³/mol. The van der Waals surface area contributed by atoms with Gasteiger partial charge < -0.3 is 0 Å². The number of aryl methyl sites for hydroxylation is 8. The Morgan fingerprint density at radius 2 is 0.738 bits per heavy atom. The second-order valence-electron chi connectivity index (χ2n) is 20.6. The number of benzene rings is 10. The summed E-state index contributed by atoms with van der Waals surface area (Å²) in [7, 11) is 0. The smallest absolute Gasteiger partial charge is 0.00928 e. The Morgan fingerprint density at radius 1 is 0.300 bits per heavy atom. The van der Waals surface area contributed by atoms with Gasteiger partial charge in [-0.25, -0.2) is 0 Å². The van der Waals surface area contributed by atoms with Gasteiger partial charge in [0.2, 0.25) is 0 Å². The second-order valence-corrected chi connectivity index (χ2v) is 20.6. The summed E-state index contributed by atoms with van der Waals surface area (Å²) >= 11 is 0. The molecule has 10 aromatic rings. The first-order valence-corrected chi connectivity index (χ1v) is 29.3. The van der Waals surface area contributed by atoms with Gasteiger partial charge in [0, 0.05) is 11.8 Å². The fourth-order valence-corrected chi connectivity index (χ4v) is 10.4. The van der Waals surface area contributed by atoms with Gasteiger partial charge in [-0.2, -0.15) is 0 Å². The van der Waals surface area contributed by atoms with Crippen LogP contribution in [0, 0.1) is 41.5 Å². The van der Waals surface area contributed by atoms with Crippen LogP contribution >= 0.6 is 0 Å². The highest BCUT2D eigenvalue weighted by atomic mass is 14.2. The molecule has 0 spiro atoms. The minimum absolute atomic E-state index is 0. The molecule has 0 aliphatic heterocycles. The summed E-state index contributed by atoms with van der Waals surface area (Å²) in [6, 6.07) is 88.9. The molecule has 0 fully saturated rings. The number of hydrogen-bond donors (Lipinski definition) is 0. The van der Waals surface area contributed by atoms with Crippen LogP contribution in [0.5, 0.6) is 0 Å². The first kappa shape index (κ1) is 63.0. The van der Waals surface area contributed by atoms with Crippen LogP contribution in [-0.4, -0.2) is 0 Å². The molecule has 0 saturated heterocycles. The fourth-order valence-electron chi connectivity index (χ4n) is 10.4. The van der Waals surface area contributed by atoms with Crippen LogP contribution < -0.4 is 0 Å². The van der Waals surface area contributed by atoms with Gasteiger partial charge in [0.15, 0.2) is 0 Å². The molecule has 0 N–H and O–H groups in total. The van der Waals surface area contributed by atoms with E-state index >= 15 is 0 Å². The lowest BCUT2D eigenvalue weighted by molar-refractivity contribution is 0.777. The van der Waals surface area contributed by atoms with Crippen molar-refractivity contribution in [1.29, 1.82) is 0 Å². The molecule has 412 valence electrons. The lowest BCUT2D eigenvalue weighted by Gasteiger charge is -2.22. The fraction of sp³-hybridized carbons (Fsp3) is 0.250. The zero-order valence-corrected chi connectivity index (χ0v) is 49.8.